The van der Waals surface area contributed by atoms with Crippen molar-refractivity contribution < 1.29 is 14.7 Å². The fourth-order valence-corrected chi connectivity index (χ4v) is 4.28. The molecular formula is C27H27N5O3. The fourth-order valence-electron chi connectivity index (χ4n) is 4.28. The Balaban J connectivity index is 1.10. The van der Waals surface area contributed by atoms with E-state index in [2.05, 4.69) is 33.1 Å². The van der Waals surface area contributed by atoms with E-state index in [0.29, 0.717) is 38.3 Å². The highest BCUT2D eigenvalue weighted by Gasteiger charge is 2.24. The summed E-state index contributed by atoms with van der Waals surface area (Å²) in [7, 11) is 0. The van der Waals surface area contributed by atoms with E-state index in [1.54, 1.807) is 21.9 Å². The number of carbonyl (C=O) groups excluding carboxylic acids is 2. The maximum absolute atomic E-state index is 12.6. The SMILES string of the molecule is O=C(NCc1ccc(Cn2cnc3ccccc32)cc1)N1CCN(C(=O)c2ccc(O)cc2)CC1. The number of amides is 3. The van der Waals surface area contributed by atoms with Gasteiger partial charge in [-0.25, -0.2) is 9.78 Å². The Kier molecular flexibility index (Phi) is 6.34. The topological polar surface area (TPSA) is 90.7 Å². The molecule has 0 atom stereocenters. The molecule has 4 aromatic rings. The quantitative estimate of drug-likeness (QED) is 0.468. The van der Waals surface area contributed by atoms with E-state index in [0.717, 1.165) is 28.7 Å². The minimum absolute atomic E-state index is 0.0890. The highest BCUT2D eigenvalue weighted by Crippen LogP contribution is 2.15. The van der Waals surface area contributed by atoms with Gasteiger partial charge in [-0.2, -0.15) is 0 Å². The first-order valence-corrected chi connectivity index (χ1v) is 11.7. The normalized spacial score (nSPS) is 13.7. The number of hydrogen-bond acceptors (Lipinski definition) is 4. The first-order valence-electron chi connectivity index (χ1n) is 11.7. The second-order valence-corrected chi connectivity index (χ2v) is 8.66. The summed E-state index contributed by atoms with van der Waals surface area (Å²) in [5.41, 5.74) is 4.81. The molecule has 5 rings (SSSR count). The second kappa shape index (κ2) is 9.89. The summed E-state index contributed by atoms with van der Waals surface area (Å²) in [4.78, 5) is 33.2. The summed E-state index contributed by atoms with van der Waals surface area (Å²) in [5.74, 6) is 0.0401. The number of para-hydroxylation sites is 2. The van der Waals surface area contributed by atoms with Gasteiger partial charge in [-0.3, -0.25) is 4.79 Å². The number of carbonyl (C=O) groups is 2. The summed E-state index contributed by atoms with van der Waals surface area (Å²) in [5, 5.41) is 12.4. The molecule has 0 radical (unpaired) electrons. The number of aromatic nitrogens is 2. The average molecular weight is 470 g/mol. The molecule has 0 spiro atoms. The molecule has 0 bridgehead atoms. The Morgan fingerprint density at radius 2 is 1.49 bits per heavy atom. The van der Waals surface area contributed by atoms with E-state index in [4.69, 9.17) is 0 Å². The molecule has 35 heavy (non-hydrogen) atoms. The van der Waals surface area contributed by atoms with Crippen LogP contribution in [0.2, 0.25) is 0 Å². The number of hydrogen-bond donors (Lipinski definition) is 2. The summed E-state index contributed by atoms with van der Waals surface area (Å²) in [6, 6.07) is 22.4. The van der Waals surface area contributed by atoms with Gasteiger partial charge in [0.15, 0.2) is 0 Å². The van der Waals surface area contributed by atoms with Crippen molar-refractivity contribution in [2.24, 2.45) is 0 Å². The first-order chi connectivity index (χ1) is 17.1. The molecule has 2 heterocycles. The van der Waals surface area contributed by atoms with Gasteiger partial charge >= 0.3 is 6.03 Å². The number of nitrogens with one attached hydrogen (secondary N) is 1. The summed E-state index contributed by atoms with van der Waals surface area (Å²) in [6.45, 7) is 3.09. The zero-order chi connectivity index (χ0) is 24.2. The summed E-state index contributed by atoms with van der Waals surface area (Å²) >= 11 is 0. The van der Waals surface area contributed by atoms with Gasteiger partial charge < -0.3 is 24.8 Å². The van der Waals surface area contributed by atoms with Gasteiger partial charge in [-0.05, 0) is 47.5 Å². The lowest BCUT2D eigenvalue weighted by molar-refractivity contribution is 0.0665. The van der Waals surface area contributed by atoms with Gasteiger partial charge in [0, 0.05) is 44.8 Å². The van der Waals surface area contributed by atoms with Crippen molar-refractivity contribution in [3.8, 4) is 5.75 Å². The van der Waals surface area contributed by atoms with E-state index in [-0.39, 0.29) is 17.7 Å². The predicted octanol–water partition coefficient (Wildman–Crippen LogP) is 3.46. The lowest BCUT2D eigenvalue weighted by Gasteiger charge is -2.34. The van der Waals surface area contributed by atoms with E-state index < -0.39 is 0 Å². The summed E-state index contributed by atoms with van der Waals surface area (Å²) < 4.78 is 2.12. The van der Waals surface area contributed by atoms with Crippen LogP contribution in [0.4, 0.5) is 4.79 Å². The van der Waals surface area contributed by atoms with E-state index >= 15 is 0 Å². The van der Waals surface area contributed by atoms with Gasteiger partial charge in [0.25, 0.3) is 5.91 Å². The van der Waals surface area contributed by atoms with Crippen molar-refractivity contribution in [3.05, 3.63) is 95.8 Å². The van der Waals surface area contributed by atoms with E-state index in [9.17, 15) is 14.7 Å². The number of urea groups is 1. The second-order valence-electron chi connectivity index (χ2n) is 8.66. The van der Waals surface area contributed by atoms with Crippen molar-refractivity contribution in [3.63, 3.8) is 0 Å². The van der Waals surface area contributed by atoms with Crippen molar-refractivity contribution in [1.82, 2.24) is 24.7 Å². The zero-order valence-electron chi connectivity index (χ0n) is 19.3. The van der Waals surface area contributed by atoms with Gasteiger partial charge in [-0.15, -0.1) is 0 Å². The lowest BCUT2D eigenvalue weighted by atomic mass is 10.1. The molecule has 1 fully saturated rings. The van der Waals surface area contributed by atoms with Crippen LogP contribution in [0.5, 0.6) is 5.75 Å². The molecule has 3 amide bonds. The number of piperazine rings is 1. The van der Waals surface area contributed by atoms with Crippen molar-refractivity contribution in [2.45, 2.75) is 13.1 Å². The molecule has 1 aliphatic rings. The van der Waals surface area contributed by atoms with Gasteiger partial charge in [0.1, 0.15) is 5.75 Å². The van der Waals surface area contributed by atoms with E-state index in [1.165, 1.54) is 12.1 Å². The first kappa shape index (κ1) is 22.5. The molecule has 0 saturated carbocycles. The van der Waals surface area contributed by atoms with Crippen LogP contribution in [0.25, 0.3) is 11.0 Å². The zero-order valence-corrected chi connectivity index (χ0v) is 19.3. The number of rotatable bonds is 5. The highest BCUT2D eigenvalue weighted by atomic mass is 16.3. The molecule has 1 aliphatic heterocycles. The minimum atomic E-state index is -0.129. The molecule has 178 valence electrons. The number of phenolic OH excluding ortho intramolecular Hbond substituents is 1. The number of nitrogens with zero attached hydrogens (tertiary/aromatic N) is 4. The summed E-state index contributed by atoms with van der Waals surface area (Å²) in [6.07, 6.45) is 1.86. The number of aromatic hydroxyl groups is 1. The minimum Gasteiger partial charge on any atom is -0.508 e. The number of phenols is 1. The smallest absolute Gasteiger partial charge is 0.317 e. The maximum atomic E-state index is 12.6. The van der Waals surface area contributed by atoms with Gasteiger partial charge in [-0.1, -0.05) is 36.4 Å². The van der Waals surface area contributed by atoms with Gasteiger partial charge in [0.05, 0.1) is 17.4 Å². The number of benzene rings is 3. The van der Waals surface area contributed by atoms with Crippen LogP contribution in [0, 0.1) is 0 Å². The molecule has 8 nitrogen and oxygen atoms in total. The predicted molar refractivity (Wildman–Crippen MR) is 133 cm³/mol. The molecular weight excluding hydrogens is 442 g/mol. The Morgan fingerprint density at radius 1 is 0.829 bits per heavy atom. The molecule has 1 saturated heterocycles. The van der Waals surface area contributed by atoms with Crippen LogP contribution in [-0.2, 0) is 13.1 Å². The molecule has 0 aliphatic carbocycles. The van der Waals surface area contributed by atoms with Crippen LogP contribution in [0.3, 0.4) is 0 Å². The Bertz CT molecular complexity index is 1320. The maximum Gasteiger partial charge on any atom is 0.317 e. The van der Waals surface area contributed by atoms with E-state index in [1.807, 2.05) is 36.7 Å². The Morgan fingerprint density at radius 3 is 2.23 bits per heavy atom. The number of fused-ring (bicyclic) bond motifs is 1. The Labute approximate surface area is 203 Å². The lowest BCUT2D eigenvalue weighted by Crippen LogP contribution is -2.53. The third-order valence-corrected chi connectivity index (χ3v) is 6.32. The van der Waals surface area contributed by atoms with Crippen molar-refractivity contribution in [1.29, 1.82) is 0 Å². The van der Waals surface area contributed by atoms with Crippen molar-refractivity contribution in [2.75, 3.05) is 26.2 Å². The van der Waals surface area contributed by atoms with Crippen LogP contribution >= 0.6 is 0 Å². The third kappa shape index (κ3) is 5.11. The standard InChI is InChI=1S/C27H27N5O3/c33-23-11-9-22(10-12-23)26(34)30-13-15-31(16-14-30)27(35)28-17-20-5-7-21(8-6-20)18-32-19-29-24-3-1-2-4-25(24)32/h1-12,19,33H,13-18H2,(H,28,35). The third-order valence-electron chi connectivity index (χ3n) is 6.32. The average Bonchev–Trinajstić information content (AvgIpc) is 3.31. The van der Waals surface area contributed by atoms with Crippen LogP contribution in [0.15, 0.2) is 79.1 Å². The number of imidazole rings is 1. The molecule has 0 unspecified atom stereocenters. The highest BCUT2D eigenvalue weighted by molar-refractivity contribution is 5.94. The molecule has 3 aromatic carbocycles. The van der Waals surface area contributed by atoms with Crippen LogP contribution in [-0.4, -0.2) is 62.6 Å². The molecule has 8 heteroatoms. The van der Waals surface area contributed by atoms with Gasteiger partial charge in [0.2, 0.25) is 0 Å². The molecule has 1 aromatic heterocycles. The monoisotopic (exact) mass is 469 g/mol. The van der Waals surface area contributed by atoms with Crippen LogP contribution < -0.4 is 5.32 Å². The Hall–Kier alpha value is -4.33. The molecule has 2 N–H and O–H groups in total. The fraction of sp³-hybridized carbons (Fsp3) is 0.222. The van der Waals surface area contributed by atoms with Crippen molar-refractivity contribution >= 4 is 23.0 Å². The largest absolute Gasteiger partial charge is 0.508 e. The van der Waals surface area contributed by atoms with Crippen LogP contribution in [0.1, 0.15) is 21.5 Å².